The molecule has 0 aromatic rings. The second kappa shape index (κ2) is 7.06. The van der Waals surface area contributed by atoms with Gasteiger partial charge in [0.15, 0.2) is 5.75 Å². The molecular formula is C11H24N2O4S. The van der Waals surface area contributed by atoms with Gasteiger partial charge in [0, 0.05) is 13.1 Å². The van der Waals surface area contributed by atoms with Crippen LogP contribution in [-0.4, -0.2) is 50.7 Å². The van der Waals surface area contributed by atoms with Crippen LogP contribution in [0.4, 0.5) is 0 Å². The lowest BCUT2D eigenvalue weighted by molar-refractivity contribution is -0.140. The van der Waals surface area contributed by atoms with Crippen LogP contribution < -0.4 is 5.73 Å². The molecular weight excluding hydrogens is 256 g/mol. The fourth-order valence-corrected chi connectivity index (χ4v) is 2.90. The lowest BCUT2D eigenvalue weighted by Crippen LogP contribution is -2.44. The van der Waals surface area contributed by atoms with Crippen molar-refractivity contribution in [2.75, 3.05) is 32.0 Å². The number of ether oxygens (including phenoxy) is 1. The average molecular weight is 280 g/mol. The summed E-state index contributed by atoms with van der Waals surface area (Å²) >= 11 is 0. The summed E-state index contributed by atoms with van der Waals surface area (Å²) in [5.74, 6) is -1.34. The maximum absolute atomic E-state index is 12.0. The Labute approximate surface area is 110 Å². The van der Waals surface area contributed by atoms with Crippen molar-refractivity contribution in [3.8, 4) is 0 Å². The van der Waals surface area contributed by atoms with Crippen LogP contribution in [0.1, 0.15) is 27.7 Å². The smallest absolute Gasteiger partial charge is 0.322 e. The number of hydrogen-bond donors (Lipinski definition) is 1. The first-order valence-electron chi connectivity index (χ1n) is 6.02. The number of hydrogen-bond acceptors (Lipinski definition) is 5. The van der Waals surface area contributed by atoms with Crippen molar-refractivity contribution in [3.05, 3.63) is 0 Å². The van der Waals surface area contributed by atoms with Crippen molar-refractivity contribution < 1.29 is 17.9 Å². The van der Waals surface area contributed by atoms with Crippen LogP contribution in [0.3, 0.4) is 0 Å². The summed E-state index contributed by atoms with van der Waals surface area (Å²) in [6, 6.07) is 0. The number of sulfonamides is 1. The maximum atomic E-state index is 12.0. The molecule has 108 valence electrons. The van der Waals surface area contributed by atoms with Crippen LogP contribution in [-0.2, 0) is 19.6 Å². The molecule has 0 aliphatic heterocycles. The molecule has 0 radical (unpaired) electrons. The van der Waals surface area contributed by atoms with Crippen LogP contribution >= 0.6 is 0 Å². The lowest BCUT2D eigenvalue weighted by atomic mass is 9.94. The zero-order valence-electron chi connectivity index (χ0n) is 11.6. The molecule has 0 atom stereocenters. The van der Waals surface area contributed by atoms with E-state index in [0.717, 1.165) is 0 Å². The molecule has 0 saturated carbocycles. The molecule has 0 aliphatic carbocycles. The minimum Gasteiger partial charge on any atom is -0.465 e. The number of carbonyl (C=O) groups is 1. The van der Waals surface area contributed by atoms with Gasteiger partial charge in [-0.3, -0.25) is 4.79 Å². The standard InChI is InChI=1S/C11H24N2O4S/c1-5-13(9-11(3,4)8-12)18(15,16)7-10(14)17-6-2/h5-9,12H2,1-4H3. The van der Waals surface area contributed by atoms with Crippen LogP contribution in [0.25, 0.3) is 0 Å². The van der Waals surface area contributed by atoms with Gasteiger partial charge in [-0.2, -0.15) is 0 Å². The number of rotatable bonds is 8. The molecule has 0 saturated heterocycles. The Morgan fingerprint density at radius 2 is 1.89 bits per heavy atom. The Balaban J connectivity index is 4.78. The third kappa shape index (κ3) is 5.79. The quantitative estimate of drug-likeness (QED) is 0.641. The largest absolute Gasteiger partial charge is 0.465 e. The molecule has 0 rings (SSSR count). The van der Waals surface area contributed by atoms with E-state index in [4.69, 9.17) is 5.73 Å². The van der Waals surface area contributed by atoms with E-state index in [0.29, 0.717) is 19.6 Å². The van der Waals surface area contributed by atoms with Gasteiger partial charge >= 0.3 is 5.97 Å². The van der Waals surface area contributed by atoms with E-state index in [1.807, 2.05) is 13.8 Å². The predicted molar refractivity (Wildman–Crippen MR) is 70.5 cm³/mol. The molecule has 0 aliphatic rings. The summed E-state index contributed by atoms with van der Waals surface area (Å²) in [5.41, 5.74) is 5.27. The average Bonchev–Trinajstić information content (AvgIpc) is 2.25. The SMILES string of the molecule is CCOC(=O)CS(=O)(=O)N(CC)CC(C)(C)CN. The zero-order chi connectivity index (χ0) is 14.4. The van der Waals surface area contributed by atoms with Gasteiger partial charge in [0.1, 0.15) is 0 Å². The van der Waals surface area contributed by atoms with E-state index in [-0.39, 0.29) is 12.0 Å². The molecule has 2 N–H and O–H groups in total. The fraction of sp³-hybridized carbons (Fsp3) is 0.909. The van der Waals surface area contributed by atoms with Crippen molar-refractivity contribution in [3.63, 3.8) is 0 Å². The van der Waals surface area contributed by atoms with Crippen molar-refractivity contribution in [1.29, 1.82) is 0 Å². The van der Waals surface area contributed by atoms with Crippen molar-refractivity contribution in [2.24, 2.45) is 11.1 Å². The molecule has 0 bridgehead atoms. The summed E-state index contributed by atoms with van der Waals surface area (Å²) in [7, 11) is -3.63. The number of nitrogens with zero attached hydrogens (tertiary/aromatic N) is 1. The summed E-state index contributed by atoms with van der Waals surface area (Å²) in [6.07, 6.45) is 0. The fourth-order valence-electron chi connectivity index (χ4n) is 1.39. The second-order valence-corrected chi connectivity index (χ2v) is 6.82. The van der Waals surface area contributed by atoms with Crippen LogP contribution in [0.2, 0.25) is 0 Å². The van der Waals surface area contributed by atoms with Crippen LogP contribution in [0, 0.1) is 5.41 Å². The summed E-state index contributed by atoms with van der Waals surface area (Å²) in [5, 5.41) is 0. The molecule has 0 aromatic carbocycles. The van der Waals surface area contributed by atoms with Gasteiger partial charge in [0.25, 0.3) is 0 Å². The zero-order valence-corrected chi connectivity index (χ0v) is 12.4. The first-order chi connectivity index (χ1) is 8.18. The molecule has 6 nitrogen and oxygen atoms in total. The Hall–Kier alpha value is -0.660. The first-order valence-corrected chi connectivity index (χ1v) is 7.63. The van der Waals surface area contributed by atoms with Gasteiger partial charge < -0.3 is 10.5 Å². The van der Waals surface area contributed by atoms with E-state index >= 15 is 0 Å². The Kier molecular flexibility index (Phi) is 6.80. The normalized spacial score (nSPS) is 12.8. The summed E-state index contributed by atoms with van der Waals surface area (Å²) in [6.45, 7) is 8.29. The first kappa shape index (κ1) is 17.3. The van der Waals surface area contributed by atoms with Crippen LogP contribution in [0.15, 0.2) is 0 Å². The lowest BCUT2D eigenvalue weighted by Gasteiger charge is -2.30. The van der Waals surface area contributed by atoms with Gasteiger partial charge in [-0.05, 0) is 18.9 Å². The minimum absolute atomic E-state index is 0.175. The van der Waals surface area contributed by atoms with Crippen molar-refractivity contribution in [1.82, 2.24) is 4.31 Å². The van der Waals surface area contributed by atoms with Gasteiger partial charge in [-0.1, -0.05) is 20.8 Å². The van der Waals surface area contributed by atoms with Gasteiger partial charge in [0.05, 0.1) is 6.61 Å². The molecule has 0 unspecified atom stereocenters. The number of nitrogens with two attached hydrogens (primary N) is 1. The van der Waals surface area contributed by atoms with E-state index in [9.17, 15) is 13.2 Å². The maximum Gasteiger partial charge on any atom is 0.322 e. The Morgan fingerprint density at radius 1 is 1.33 bits per heavy atom. The minimum atomic E-state index is -3.63. The van der Waals surface area contributed by atoms with Crippen molar-refractivity contribution >= 4 is 16.0 Å². The highest BCUT2D eigenvalue weighted by Gasteiger charge is 2.29. The highest BCUT2D eigenvalue weighted by atomic mass is 32.2. The summed E-state index contributed by atoms with van der Waals surface area (Å²) in [4.78, 5) is 11.3. The van der Waals surface area contributed by atoms with Gasteiger partial charge in [0.2, 0.25) is 10.0 Å². The van der Waals surface area contributed by atoms with Crippen LogP contribution in [0.5, 0.6) is 0 Å². The molecule has 18 heavy (non-hydrogen) atoms. The molecule has 7 heteroatoms. The molecule has 0 heterocycles. The van der Waals surface area contributed by atoms with E-state index in [1.54, 1.807) is 13.8 Å². The highest BCUT2D eigenvalue weighted by molar-refractivity contribution is 7.89. The van der Waals surface area contributed by atoms with Crippen molar-refractivity contribution in [2.45, 2.75) is 27.7 Å². The molecule has 0 spiro atoms. The molecule has 0 amide bonds. The monoisotopic (exact) mass is 280 g/mol. The topological polar surface area (TPSA) is 89.7 Å². The van der Waals surface area contributed by atoms with Gasteiger partial charge in [-0.15, -0.1) is 0 Å². The second-order valence-electron chi connectivity index (χ2n) is 4.86. The van der Waals surface area contributed by atoms with Gasteiger partial charge in [-0.25, -0.2) is 12.7 Å². The number of esters is 1. The predicted octanol–water partition coefficient (Wildman–Crippen LogP) is 0.186. The Morgan fingerprint density at radius 3 is 2.28 bits per heavy atom. The number of carbonyl (C=O) groups excluding carboxylic acids is 1. The summed E-state index contributed by atoms with van der Waals surface area (Å²) < 4.78 is 30.0. The molecule has 0 fully saturated rings. The highest BCUT2D eigenvalue weighted by Crippen LogP contribution is 2.17. The van der Waals surface area contributed by atoms with E-state index < -0.39 is 21.7 Å². The Bertz CT molecular complexity index is 365. The van der Waals surface area contributed by atoms with E-state index in [1.165, 1.54) is 4.31 Å². The van der Waals surface area contributed by atoms with E-state index in [2.05, 4.69) is 4.74 Å². The third-order valence-electron chi connectivity index (χ3n) is 2.51. The molecule has 0 aromatic heterocycles. The third-order valence-corrected chi connectivity index (χ3v) is 4.28.